The zero-order valence-corrected chi connectivity index (χ0v) is 18.5. The summed E-state index contributed by atoms with van der Waals surface area (Å²) in [5.41, 5.74) is 1.87. The van der Waals surface area contributed by atoms with Gasteiger partial charge in [0, 0.05) is 30.0 Å². The van der Waals surface area contributed by atoms with Crippen LogP contribution in [-0.4, -0.2) is 18.3 Å². The number of ether oxygens (including phenoxy) is 1. The van der Waals surface area contributed by atoms with Gasteiger partial charge in [-0.25, -0.2) is 0 Å². The first kappa shape index (κ1) is 23.1. The molecule has 2 aromatic rings. The number of carbonyl (C=O) groups excluding carboxylic acids is 2. The molecule has 0 radical (unpaired) electrons. The van der Waals surface area contributed by atoms with Gasteiger partial charge in [0.15, 0.2) is 5.78 Å². The van der Waals surface area contributed by atoms with Crippen molar-refractivity contribution in [2.24, 2.45) is 5.92 Å². The van der Waals surface area contributed by atoms with Crippen molar-refractivity contribution < 1.29 is 27.5 Å². The Kier molecular flexibility index (Phi) is 6.32. The van der Waals surface area contributed by atoms with Crippen LogP contribution in [0.3, 0.4) is 0 Å². The molecule has 0 spiro atoms. The van der Waals surface area contributed by atoms with Crippen LogP contribution in [0.5, 0.6) is 5.75 Å². The zero-order chi connectivity index (χ0) is 23.8. The van der Waals surface area contributed by atoms with Crippen LogP contribution in [0.15, 0.2) is 59.8 Å². The van der Waals surface area contributed by atoms with Gasteiger partial charge in [-0.1, -0.05) is 38.1 Å². The molecule has 2 aliphatic rings. The molecular weight excluding hydrogens is 431 g/mol. The van der Waals surface area contributed by atoms with E-state index in [9.17, 15) is 22.8 Å². The number of hydrogen-bond acceptors (Lipinski definition) is 3. The SMILES string of the molecule is CC(C)COc1ccc(C2CC(=O)C3=C(C2)NC(=O)CC3c2ccc(C(F)(F)F)cc2)cc1. The topological polar surface area (TPSA) is 55.4 Å². The maximum atomic E-state index is 13.2. The number of nitrogens with one attached hydrogen (secondary N) is 1. The summed E-state index contributed by atoms with van der Waals surface area (Å²) in [6.07, 6.45) is -3.60. The summed E-state index contributed by atoms with van der Waals surface area (Å²) < 4.78 is 44.5. The van der Waals surface area contributed by atoms with E-state index >= 15 is 0 Å². The van der Waals surface area contributed by atoms with Gasteiger partial charge in [-0.05, 0) is 53.6 Å². The van der Waals surface area contributed by atoms with E-state index < -0.39 is 17.7 Å². The van der Waals surface area contributed by atoms with E-state index in [4.69, 9.17) is 4.74 Å². The molecule has 2 atom stereocenters. The van der Waals surface area contributed by atoms with Crippen molar-refractivity contribution in [1.29, 1.82) is 0 Å². The second-order valence-electron chi connectivity index (χ2n) is 9.12. The summed E-state index contributed by atoms with van der Waals surface area (Å²) in [5, 5.41) is 2.84. The van der Waals surface area contributed by atoms with Crippen LogP contribution in [0.2, 0.25) is 0 Å². The van der Waals surface area contributed by atoms with E-state index in [1.807, 2.05) is 24.3 Å². The quantitative estimate of drug-likeness (QED) is 0.623. The third-order valence-electron chi connectivity index (χ3n) is 6.11. The average Bonchev–Trinajstić information content (AvgIpc) is 2.76. The normalized spacial score (nSPS) is 21.2. The first-order chi connectivity index (χ1) is 15.6. The summed E-state index contributed by atoms with van der Waals surface area (Å²) in [7, 11) is 0. The Morgan fingerprint density at radius 3 is 2.18 bits per heavy atom. The minimum Gasteiger partial charge on any atom is -0.493 e. The fourth-order valence-electron chi connectivity index (χ4n) is 4.48. The number of alkyl halides is 3. The number of hydrogen-bond donors (Lipinski definition) is 1. The highest BCUT2D eigenvalue weighted by molar-refractivity contribution is 6.02. The lowest BCUT2D eigenvalue weighted by Crippen LogP contribution is -2.38. The van der Waals surface area contributed by atoms with Gasteiger partial charge in [0.25, 0.3) is 0 Å². The van der Waals surface area contributed by atoms with E-state index in [1.165, 1.54) is 12.1 Å². The van der Waals surface area contributed by atoms with Gasteiger partial charge in [-0.2, -0.15) is 13.2 Å². The van der Waals surface area contributed by atoms with Crippen LogP contribution in [-0.2, 0) is 15.8 Å². The van der Waals surface area contributed by atoms with Crippen LogP contribution in [0.1, 0.15) is 61.6 Å². The third kappa shape index (κ3) is 5.13. The van der Waals surface area contributed by atoms with Gasteiger partial charge in [0.1, 0.15) is 5.75 Å². The van der Waals surface area contributed by atoms with Gasteiger partial charge in [0.2, 0.25) is 5.91 Å². The molecule has 0 saturated heterocycles. The lowest BCUT2D eigenvalue weighted by Gasteiger charge is -2.34. The Labute approximate surface area is 190 Å². The second kappa shape index (κ2) is 9.04. The molecule has 7 heteroatoms. The predicted molar refractivity (Wildman–Crippen MR) is 118 cm³/mol. The van der Waals surface area contributed by atoms with Crippen molar-refractivity contribution in [3.63, 3.8) is 0 Å². The van der Waals surface area contributed by atoms with E-state index in [0.717, 1.165) is 23.4 Å². The van der Waals surface area contributed by atoms with Crippen LogP contribution < -0.4 is 10.1 Å². The first-order valence-corrected chi connectivity index (χ1v) is 11.1. The molecule has 33 heavy (non-hydrogen) atoms. The molecule has 1 aliphatic carbocycles. The van der Waals surface area contributed by atoms with Gasteiger partial charge in [0.05, 0.1) is 12.2 Å². The maximum absolute atomic E-state index is 13.2. The minimum atomic E-state index is -4.43. The lowest BCUT2D eigenvalue weighted by molar-refractivity contribution is -0.137. The average molecular weight is 457 g/mol. The number of ketones is 1. The van der Waals surface area contributed by atoms with Crippen molar-refractivity contribution in [3.8, 4) is 5.75 Å². The molecule has 0 saturated carbocycles. The zero-order valence-electron chi connectivity index (χ0n) is 18.5. The van der Waals surface area contributed by atoms with Crippen molar-refractivity contribution >= 4 is 11.7 Å². The molecule has 0 fully saturated rings. The molecule has 174 valence electrons. The lowest BCUT2D eigenvalue weighted by atomic mass is 9.73. The first-order valence-electron chi connectivity index (χ1n) is 11.1. The van der Waals surface area contributed by atoms with Crippen LogP contribution in [0.25, 0.3) is 0 Å². The Balaban J connectivity index is 1.57. The van der Waals surface area contributed by atoms with Gasteiger partial charge >= 0.3 is 6.18 Å². The van der Waals surface area contributed by atoms with Crippen LogP contribution in [0.4, 0.5) is 13.2 Å². The number of benzene rings is 2. The molecule has 1 N–H and O–H groups in total. The van der Waals surface area contributed by atoms with Crippen LogP contribution in [0, 0.1) is 5.92 Å². The molecular formula is C26H26F3NO3. The Hall–Kier alpha value is -3.09. The highest BCUT2D eigenvalue weighted by Crippen LogP contribution is 2.43. The van der Waals surface area contributed by atoms with Crippen molar-refractivity contribution in [2.45, 2.75) is 51.1 Å². The number of halogens is 3. The molecule has 4 rings (SSSR count). The van der Waals surface area contributed by atoms with Gasteiger partial charge in [-0.15, -0.1) is 0 Å². The molecule has 2 aromatic carbocycles. The Bertz CT molecular complexity index is 1070. The van der Waals surface area contributed by atoms with E-state index in [0.29, 0.717) is 35.8 Å². The molecule has 1 heterocycles. The Morgan fingerprint density at radius 2 is 1.58 bits per heavy atom. The van der Waals surface area contributed by atoms with E-state index in [2.05, 4.69) is 19.2 Å². The molecule has 2 unspecified atom stereocenters. The van der Waals surface area contributed by atoms with Crippen molar-refractivity contribution in [1.82, 2.24) is 5.32 Å². The highest BCUT2D eigenvalue weighted by atomic mass is 19.4. The summed E-state index contributed by atoms with van der Waals surface area (Å²) in [5.74, 6) is 0.260. The van der Waals surface area contributed by atoms with E-state index in [-0.39, 0.29) is 30.4 Å². The molecule has 0 aromatic heterocycles. The highest BCUT2D eigenvalue weighted by Gasteiger charge is 2.38. The van der Waals surface area contributed by atoms with Crippen molar-refractivity contribution in [3.05, 3.63) is 76.5 Å². The fraction of sp³-hybridized carbons (Fsp3) is 0.385. The number of carbonyl (C=O) groups is 2. The monoisotopic (exact) mass is 457 g/mol. The largest absolute Gasteiger partial charge is 0.493 e. The molecule has 1 amide bonds. The van der Waals surface area contributed by atoms with Gasteiger partial charge in [-0.3, -0.25) is 9.59 Å². The molecule has 0 bridgehead atoms. The third-order valence-corrected chi connectivity index (χ3v) is 6.11. The summed E-state index contributed by atoms with van der Waals surface area (Å²) >= 11 is 0. The fourth-order valence-corrected chi connectivity index (χ4v) is 4.48. The summed E-state index contributed by atoms with van der Waals surface area (Å²) in [6, 6.07) is 12.4. The summed E-state index contributed by atoms with van der Waals surface area (Å²) in [6.45, 7) is 4.77. The molecule has 4 nitrogen and oxygen atoms in total. The number of amides is 1. The smallest absolute Gasteiger partial charge is 0.416 e. The minimum absolute atomic E-state index is 0.0441. The number of rotatable bonds is 5. The van der Waals surface area contributed by atoms with Crippen LogP contribution >= 0.6 is 0 Å². The maximum Gasteiger partial charge on any atom is 0.416 e. The molecule has 1 aliphatic heterocycles. The number of allylic oxidation sites excluding steroid dienone is 2. The van der Waals surface area contributed by atoms with E-state index in [1.54, 1.807) is 0 Å². The number of Topliss-reactive ketones (excluding diaryl/α,β-unsaturated/α-hetero) is 1. The van der Waals surface area contributed by atoms with Gasteiger partial charge < -0.3 is 10.1 Å². The summed E-state index contributed by atoms with van der Waals surface area (Å²) in [4.78, 5) is 25.6. The standard InChI is InChI=1S/C26H26F3NO3/c1-15(2)14-33-20-9-5-16(6-10-20)18-11-22-25(23(31)12-18)21(13-24(32)30-22)17-3-7-19(8-4-17)26(27,28)29/h3-10,15,18,21H,11-14H2,1-2H3,(H,30,32). The van der Waals surface area contributed by atoms with Crippen molar-refractivity contribution in [2.75, 3.05) is 6.61 Å². The Morgan fingerprint density at radius 1 is 0.939 bits per heavy atom. The second-order valence-corrected chi connectivity index (χ2v) is 9.12. The predicted octanol–water partition coefficient (Wildman–Crippen LogP) is 5.74.